The molecule has 0 radical (unpaired) electrons. The average molecular weight is 289 g/mol. The summed E-state index contributed by atoms with van der Waals surface area (Å²) in [5, 5.41) is 4.12. The predicted octanol–water partition coefficient (Wildman–Crippen LogP) is 1.12. The van der Waals surface area contributed by atoms with E-state index in [1.807, 2.05) is 13.8 Å². The third kappa shape index (κ3) is 3.31. The number of halogens is 1. The SMILES string of the molecule is CC(C)n1cc(N2CC(CS(=O)(=O)F)CC2=O)cn1. The number of carbonyl (C=O) groups is 1. The van der Waals surface area contributed by atoms with E-state index in [2.05, 4.69) is 5.10 Å². The van der Waals surface area contributed by atoms with E-state index in [1.165, 1.54) is 4.90 Å². The molecule has 19 heavy (non-hydrogen) atoms. The van der Waals surface area contributed by atoms with Crippen molar-refractivity contribution in [3.8, 4) is 0 Å². The first kappa shape index (κ1) is 14.0. The van der Waals surface area contributed by atoms with Crippen LogP contribution in [0.25, 0.3) is 0 Å². The second-order valence-corrected chi connectivity index (χ2v) is 6.46. The molecule has 0 bridgehead atoms. The summed E-state index contributed by atoms with van der Waals surface area (Å²) in [5.74, 6) is -1.30. The van der Waals surface area contributed by atoms with Gasteiger partial charge in [0.05, 0.1) is 17.6 Å². The maximum Gasteiger partial charge on any atom is 0.302 e. The zero-order valence-electron chi connectivity index (χ0n) is 10.8. The maximum atomic E-state index is 12.6. The van der Waals surface area contributed by atoms with E-state index in [4.69, 9.17) is 0 Å². The number of anilines is 1. The lowest BCUT2D eigenvalue weighted by atomic mass is 10.1. The van der Waals surface area contributed by atoms with E-state index >= 15 is 0 Å². The van der Waals surface area contributed by atoms with Crippen molar-refractivity contribution in [1.82, 2.24) is 9.78 Å². The Bertz CT molecular complexity index is 582. The molecule has 1 amide bonds. The highest BCUT2D eigenvalue weighted by molar-refractivity contribution is 7.86. The van der Waals surface area contributed by atoms with Gasteiger partial charge in [0.2, 0.25) is 5.91 Å². The van der Waals surface area contributed by atoms with Crippen molar-refractivity contribution in [2.75, 3.05) is 17.2 Å². The van der Waals surface area contributed by atoms with Gasteiger partial charge < -0.3 is 4.90 Å². The summed E-state index contributed by atoms with van der Waals surface area (Å²) in [6, 6.07) is 0.175. The Hall–Kier alpha value is -1.44. The van der Waals surface area contributed by atoms with Crippen LogP contribution in [0.1, 0.15) is 26.3 Å². The lowest BCUT2D eigenvalue weighted by Gasteiger charge is -2.13. The summed E-state index contributed by atoms with van der Waals surface area (Å²) in [6.07, 6.45) is 3.34. The molecule has 6 nitrogen and oxygen atoms in total. The summed E-state index contributed by atoms with van der Waals surface area (Å²) in [5.41, 5.74) is 0.623. The fourth-order valence-corrected chi connectivity index (χ4v) is 2.96. The molecule has 1 fully saturated rings. The molecule has 0 saturated carbocycles. The molecule has 2 heterocycles. The van der Waals surface area contributed by atoms with Crippen LogP contribution in [0.3, 0.4) is 0 Å². The first-order valence-corrected chi connectivity index (χ1v) is 7.58. The average Bonchev–Trinajstić information content (AvgIpc) is 2.82. The molecule has 0 N–H and O–H groups in total. The fraction of sp³-hybridized carbons (Fsp3) is 0.636. The molecule has 1 aliphatic heterocycles. The zero-order valence-corrected chi connectivity index (χ0v) is 11.6. The smallest absolute Gasteiger partial charge is 0.302 e. The van der Waals surface area contributed by atoms with E-state index in [0.717, 1.165) is 0 Å². The van der Waals surface area contributed by atoms with Crippen LogP contribution < -0.4 is 4.90 Å². The van der Waals surface area contributed by atoms with E-state index in [0.29, 0.717) is 5.69 Å². The number of hydrogen-bond acceptors (Lipinski definition) is 4. The van der Waals surface area contributed by atoms with Gasteiger partial charge in [0.25, 0.3) is 0 Å². The van der Waals surface area contributed by atoms with Crippen molar-refractivity contribution in [2.45, 2.75) is 26.3 Å². The highest BCUT2D eigenvalue weighted by atomic mass is 32.3. The van der Waals surface area contributed by atoms with E-state index in [-0.39, 0.29) is 24.9 Å². The van der Waals surface area contributed by atoms with E-state index in [9.17, 15) is 17.1 Å². The van der Waals surface area contributed by atoms with Gasteiger partial charge in [-0.2, -0.15) is 13.5 Å². The van der Waals surface area contributed by atoms with Gasteiger partial charge in [-0.3, -0.25) is 9.48 Å². The zero-order chi connectivity index (χ0) is 14.2. The third-order valence-electron chi connectivity index (χ3n) is 3.07. The standard InChI is InChI=1S/C11H16FN3O3S/c1-8(2)15-6-10(4-13-15)14-5-9(3-11(14)16)7-19(12,17)18/h4,6,8-9H,3,5,7H2,1-2H3. The molecule has 8 heteroatoms. The molecule has 1 saturated heterocycles. The van der Waals surface area contributed by atoms with Crippen LogP contribution in [0.15, 0.2) is 12.4 Å². The van der Waals surface area contributed by atoms with Gasteiger partial charge >= 0.3 is 10.2 Å². The number of amides is 1. The van der Waals surface area contributed by atoms with Crippen LogP contribution in [0.4, 0.5) is 9.57 Å². The Kier molecular flexibility index (Phi) is 3.62. The predicted molar refractivity (Wildman–Crippen MR) is 68.0 cm³/mol. The van der Waals surface area contributed by atoms with Gasteiger partial charge in [-0.15, -0.1) is 3.89 Å². The molecule has 1 aromatic heterocycles. The van der Waals surface area contributed by atoms with Crippen molar-refractivity contribution < 1.29 is 17.1 Å². The number of hydrogen-bond donors (Lipinski definition) is 0. The molecular formula is C11H16FN3O3S. The molecule has 1 aliphatic rings. The molecule has 2 rings (SSSR count). The number of carbonyl (C=O) groups excluding carboxylic acids is 1. The van der Waals surface area contributed by atoms with Gasteiger partial charge in [0, 0.05) is 31.1 Å². The first-order valence-electron chi connectivity index (χ1n) is 6.03. The normalized spacial score (nSPS) is 20.5. The van der Waals surface area contributed by atoms with Crippen molar-refractivity contribution in [3.05, 3.63) is 12.4 Å². The molecule has 0 spiro atoms. The lowest BCUT2D eigenvalue weighted by Crippen LogP contribution is -2.25. The quantitative estimate of drug-likeness (QED) is 0.779. The Morgan fingerprint density at radius 3 is 2.74 bits per heavy atom. The van der Waals surface area contributed by atoms with Crippen LogP contribution in [-0.4, -0.2) is 36.4 Å². The molecule has 1 aromatic rings. The van der Waals surface area contributed by atoms with Crippen molar-refractivity contribution in [2.24, 2.45) is 5.92 Å². The second-order valence-electron chi connectivity index (χ2n) is 5.05. The Morgan fingerprint density at radius 2 is 2.21 bits per heavy atom. The molecule has 0 aliphatic carbocycles. The van der Waals surface area contributed by atoms with Crippen molar-refractivity contribution in [3.63, 3.8) is 0 Å². The van der Waals surface area contributed by atoms with Gasteiger partial charge in [-0.25, -0.2) is 0 Å². The van der Waals surface area contributed by atoms with Gasteiger partial charge in [-0.1, -0.05) is 0 Å². The number of nitrogens with zero attached hydrogens (tertiary/aromatic N) is 3. The van der Waals surface area contributed by atoms with Gasteiger partial charge in [0.15, 0.2) is 0 Å². The third-order valence-corrected chi connectivity index (χ3v) is 3.94. The van der Waals surface area contributed by atoms with Crippen molar-refractivity contribution in [1.29, 1.82) is 0 Å². The van der Waals surface area contributed by atoms with Crippen molar-refractivity contribution >= 4 is 21.8 Å². The monoisotopic (exact) mass is 289 g/mol. The number of rotatable bonds is 4. The summed E-state index contributed by atoms with van der Waals surface area (Å²) in [7, 11) is -4.54. The van der Waals surface area contributed by atoms with E-state index < -0.39 is 21.9 Å². The Balaban J connectivity index is 2.11. The highest BCUT2D eigenvalue weighted by Gasteiger charge is 2.34. The van der Waals surface area contributed by atoms with Gasteiger partial charge in [0.1, 0.15) is 0 Å². The first-order chi connectivity index (χ1) is 8.76. The van der Waals surface area contributed by atoms with Crippen LogP contribution >= 0.6 is 0 Å². The Labute approximate surface area is 111 Å². The van der Waals surface area contributed by atoms with Crippen LogP contribution in [0.5, 0.6) is 0 Å². The minimum absolute atomic E-state index is 0.0516. The summed E-state index contributed by atoms with van der Waals surface area (Å²) in [6.45, 7) is 4.13. The highest BCUT2D eigenvalue weighted by Crippen LogP contribution is 2.26. The Morgan fingerprint density at radius 1 is 1.53 bits per heavy atom. The fourth-order valence-electron chi connectivity index (χ4n) is 2.17. The minimum Gasteiger partial charge on any atom is -0.309 e. The minimum atomic E-state index is -4.54. The largest absolute Gasteiger partial charge is 0.309 e. The van der Waals surface area contributed by atoms with Crippen LogP contribution in [0.2, 0.25) is 0 Å². The summed E-state index contributed by atoms with van der Waals surface area (Å²) >= 11 is 0. The van der Waals surface area contributed by atoms with E-state index in [1.54, 1.807) is 17.1 Å². The molecule has 1 atom stereocenters. The molecule has 106 valence electrons. The molecule has 0 aromatic carbocycles. The molecular weight excluding hydrogens is 273 g/mol. The van der Waals surface area contributed by atoms with Crippen LogP contribution in [-0.2, 0) is 15.0 Å². The molecule has 1 unspecified atom stereocenters. The van der Waals surface area contributed by atoms with Crippen LogP contribution in [0, 0.1) is 5.92 Å². The second kappa shape index (κ2) is 4.92. The number of aromatic nitrogens is 2. The maximum absolute atomic E-state index is 12.6. The lowest BCUT2D eigenvalue weighted by molar-refractivity contribution is -0.117. The topological polar surface area (TPSA) is 72.3 Å². The summed E-state index contributed by atoms with van der Waals surface area (Å²) < 4.78 is 35.6. The summed E-state index contributed by atoms with van der Waals surface area (Å²) in [4.78, 5) is 13.3. The van der Waals surface area contributed by atoms with Gasteiger partial charge in [-0.05, 0) is 13.8 Å².